The van der Waals surface area contributed by atoms with E-state index in [0.717, 1.165) is 35.4 Å². The van der Waals surface area contributed by atoms with Crippen LogP contribution >= 0.6 is 11.6 Å². The van der Waals surface area contributed by atoms with Crippen LogP contribution in [0.5, 0.6) is 0 Å². The average Bonchev–Trinajstić information content (AvgIpc) is 2.59. The van der Waals surface area contributed by atoms with E-state index in [1.807, 2.05) is 33.8 Å². The van der Waals surface area contributed by atoms with Gasteiger partial charge in [0.05, 0.1) is 22.3 Å². The van der Waals surface area contributed by atoms with E-state index in [1.54, 1.807) is 22.5 Å². The first-order valence-electron chi connectivity index (χ1n) is 9.24. The molecule has 6 heteroatoms. The van der Waals surface area contributed by atoms with E-state index in [1.165, 1.54) is 0 Å². The molecule has 2 aromatic rings. The Hall–Kier alpha value is -1.88. The molecule has 0 aliphatic carbocycles. The van der Waals surface area contributed by atoms with Crippen molar-refractivity contribution < 1.29 is 4.79 Å². The third kappa shape index (κ3) is 3.02. The van der Waals surface area contributed by atoms with Gasteiger partial charge in [0.2, 0.25) is 5.91 Å². The third-order valence-electron chi connectivity index (χ3n) is 5.25. The lowest BCUT2D eigenvalue weighted by Gasteiger charge is -2.30. The third-order valence-corrected chi connectivity index (χ3v) is 5.61. The smallest absolute Gasteiger partial charge is 0.261 e. The molecule has 2 heterocycles. The Kier molecular flexibility index (Phi) is 5.11. The molecule has 1 aromatic carbocycles. The minimum Gasteiger partial charge on any atom is -0.312 e. The van der Waals surface area contributed by atoms with Gasteiger partial charge in [-0.25, -0.2) is 4.98 Å². The summed E-state index contributed by atoms with van der Waals surface area (Å²) in [6, 6.07) is 3.54. The highest BCUT2D eigenvalue weighted by molar-refractivity contribution is 6.20. The van der Waals surface area contributed by atoms with Gasteiger partial charge in [-0.2, -0.15) is 0 Å². The quantitative estimate of drug-likeness (QED) is 0.761. The molecule has 0 bridgehead atoms. The van der Waals surface area contributed by atoms with E-state index < -0.39 is 0 Å². The zero-order valence-corrected chi connectivity index (χ0v) is 16.8. The molecule has 140 valence electrons. The highest BCUT2D eigenvalue weighted by atomic mass is 35.5. The van der Waals surface area contributed by atoms with Crippen LogP contribution in [0.15, 0.2) is 16.9 Å². The van der Waals surface area contributed by atoms with Crippen LogP contribution in [0.25, 0.3) is 10.9 Å². The molecule has 0 N–H and O–H groups in total. The lowest BCUT2D eigenvalue weighted by molar-refractivity contribution is -0.116. The summed E-state index contributed by atoms with van der Waals surface area (Å²) in [6.07, 6.45) is 1.70. The van der Waals surface area contributed by atoms with Crippen molar-refractivity contribution in [2.75, 3.05) is 11.4 Å². The maximum atomic E-state index is 13.3. The van der Waals surface area contributed by atoms with Crippen LogP contribution in [0.2, 0.25) is 0 Å². The van der Waals surface area contributed by atoms with Crippen molar-refractivity contribution in [3.05, 3.63) is 33.9 Å². The Labute approximate surface area is 159 Å². The van der Waals surface area contributed by atoms with Gasteiger partial charge in [-0.1, -0.05) is 13.8 Å². The lowest BCUT2D eigenvalue weighted by Crippen LogP contribution is -2.35. The first-order valence-corrected chi connectivity index (χ1v) is 9.67. The number of carbonyl (C=O) groups is 1. The number of amides is 1. The molecule has 0 saturated heterocycles. The molecule has 1 amide bonds. The molecule has 1 aliphatic heterocycles. The molecule has 3 rings (SSSR count). The number of anilines is 1. The van der Waals surface area contributed by atoms with E-state index in [-0.39, 0.29) is 28.8 Å². The van der Waals surface area contributed by atoms with Crippen molar-refractivity contribution in [3.8, 4) is 0 Å². The molecule has 0 saturated carbocycles. The van der Waals surface area contributed by atoms with E-state index in [4.69, 9.17) is 16.6 Å². The van der Waals surface area contributed by atoms with E-state index in [0.29, 0.717) is 11.9 Å². The zero-order chi connectivity index (χ0) is 19.2. The van der Waals surface area contributed by atoms with Crippen molar-refractivity contribution in [3.63, 3.8) is 0 Å². The van der Waals surface area contributed by atoms with Crippen molar-refractivity contribution in [2.24, 2.45) is 0 Å². The molecular weight excluding hydrogens is 350 g/mol. The van der Waals surface area contributed by atoms with Gasteiger partial charge in [0.25, 0.3) is 5.56 Å². The Morgan fingerprint density at radius 2 is 1.92 bits per heavy atom. The first kappa shape index (κ1) is 18.9. The minimum atomic E-state index is -0.185. The molecule has 0 spiro atoms. The van der Waals surface area contributed by atoms with E-state index in [2.05, 4.69) is 0 Å². The minimum absolute atomic E-state index is 0.0207. The molecule has 26 heavy (non-hydrogen) atoms. The van der Waals surface area contributed by atoms with Crippen molar-refractivity contribution >= 4 is 34.1 Å². The van der Waals surface area contributed by atoms with Crippen molar-refractivity contribution in [1.29, 1.82) is 0 Å². The largest absolute Gasteiger partial charge is 0.312 e. The number of aromatic nitrogens is 2. The van der Waals surface area contributed by atoms with Crippen LogP contribution in [-0.2, 0) is 11.2 Å². The number of fused-ring (bicyclic) bond motifs is 3. The molecular formula is C20H26ClN3O2. The van der Waals surface area contributed by atoms with Crippen molar-refractivity contribution in [2.45, 2.75) is 64.8 Å². The predicted molar refractivity (Wildman–Crippen MR) is 106 cm³/mol. The summed E-state index contributed by atoms with van der Waals surface area (Å²) < 4.78 is 1.74. The zero-order valence-electron chi connectivity index (χ0n) is 16.0. The summed E-state index contributed by atoms with van der Waals surface area (Å²) in [5.41, 5.74) is 2.56. The molecule has 2 atom stereocenters. The molecule has 1 aromatic heterocycles. The number of alkyl halides is 1. The van der Waals surface area contributed by atoms with Crippen LogP contribution < -0.4 is 10.5 Å². The Bertz CT molecular complexity index is 917. The maximum Gasteiger partial charge on any atom is 0.261 e. The van der Waals surface area contributed by atoms with Gasteiger partial charge in [-0.15, -0.1) is 11.6 Å². The number of nitrogens with zero attached hydrogens (tertiary/aromatic N) is 3. The number of carbonyl (C=O) groups excluding carboxylic acids is 1. The Morgan fingerprint density at radius 1 is 1.23 bits per heavy atom. The van der Waals surface area contributed by atoms with Crippen LogP contribution in [0, 0.1) is 0 Å². The normalized spacial score (nSPS) is 16.7. The number of hydrogen-bond donors (Lipinski definition) is 0. The molecule has 0 fully saturated rings. The Morgan fingerprint density at radius 3 is 2.50 bits per heavy atom. The summed E-state index contributed by atoms with van der Waals surface area (Å²) in [6.45, 7) is 10.2. The van der Waals surface area contributed by atoms with Crippen LogP contribution in [0.4, 0.5) is 5.69 Å². The summed E-state index contributed by atoms with van der Waals surface area (Å²) in [5.74, 6) is 0.858. The molecule has 1 aliphatic rings. The number of halogens is 1. The van der Waals surface area contributed by atoms with Crippen LogP contribution in [0.3, 0.4) is 0 Å². The standard InChI is InChI=1S/C20H26ClN3O2/c1-11(2)19-22-18-15-7-6-10-23(14(5)25)17(15)9-8-16(18)20(26)24(19)13(4)12(3)21/h8-9,11-13H,6-7,10H2,1-5H3/t12-,13?/m1/s1. The second-order valence-corrected chi connectivity index (χ2v) is 8.14. The SMILES string of the molecule is CC(=O)N1CCCc2c1ccc1c(=O)n(C(C)[C@@H](C)Cl)c(C(C)C)nc21. The Balaban J connectivity index is 2.35. The fourth-order valence-electron chi connectivity index (χ4n) is 3.70. The molecule has 5 nitrogen and oxygen atoms in total. The van der Waals surface area contributed by atoms with Gasteiger partial charge >= 0.3 is 0 Å². The maximum absolute atomic E-state index is 13.3. The summed E-state index contributed by atoms with van der Waals surface area (Å²) in [7, 11) is 0. The second kappa shape index (κ2) is 7.03. The van der Waals surface area contributed by atoms with Crippen LogP contribution in [-0.4, -0.2) is 27.4 Å². The monoisotopic (exact) mass is 375 g/mol. The highest BCUT2D eigenvalue weighted by Crippen LogP contribution is 2.33. The topological polar surface area (TPSA) is 55.2 Å². The fraction of sp³-hybridized carbons (Fsp3) is 0.550. The summed E-state index contributed by atoms with van der Waals surface area (Å²) in [4.78, 5) is 32.0. The van der Waals surface area contributed by atoms with Gasteiger partial charge in [0.1, 0.15) is 5.82 Å². The van der Waals surface area contributed by atoms with Crippen molar-refractivity contribution in [1.82, 2.24) is 9.55 Å². The average molecular weight is 376 g/mol. The predicted octanol–water partition coefficient (Wildman–Crippen LogP) is 4.01. The molecule has 0 radical (unpaired) electrons. The fourth-order valence-corrected chi connectivity index (χ4v) is 3.81. The van der Waals surface area contributed by atoms with Gasteiger partial charge < -0.3 is 4.90 Å². The summed E-state index contributed by atoms with van der Waals surface area (Å²) in [5, 5.41) is 0.415. The second-order valence-electron chi connectivity index (χ2n) is 7.45. The molecule has 1 unspecified atom stereocenters. The van der Waals surface area contributed by atoms with Gasteiger partial charge in [-0.3, -0.25) is 14.2 Å². The van der Waals surface area contributed by atoms with Gasteiger partial charge in [0, 0.05) is 30.6 Å². The van der Waals surface area contributed by atoms with Gasteiger partial charge in [0.15, 0.2) is 0 Å². The number of benzene rings is 1. The van der Waals surface area contributed by atoms with E-state index in [9.17, 15) is 9.59 Å². The van der Waals surface area contributed by atoms with Crippen LogP contribution in [0.1, 0.15) is 64.4 Å². The summed E-state index contributed by atoms with van der Waals surface area (Å²) >= 11 is 6.30. The first-order chi connectivity index (χ1) is 12.2. The lowest BCUT2D eigenvalue weighted by atomic mass is 9.98. The van der Waals surface area contributed by atoms with Gasteiger partial charge in [-0.05, 0) is 38.8 Å². The number of rotatable bonds is 3. The highest BCUT2D eigenvalue weighted by Gasteiger charge is 2.26. The number of aryl methyl sites for hydroxylation is 1. The number of hydrogen-bond acceptors (Lipinski definition) is 3. The van der Waals surface area contributed by atoms with E-state index >= 15 is 0 Å².